The molecule has 140 valence electrons. The van der Waals surface area contributed by atoms with Gasteiger partial charge in [-0.15, -0.1) is 0 Å². The number of carboxylic acid groups (broad SMARTS) is 1. The maximum absolute atomic E-state index is 12.4. The number of nitrogens with zero attached hydrogens (tertiary/aromatic N) is 2. The monoisotopic (exact) mass is 367 g/mol. The van der Waals surface area contributed by atoms with E-state index in [1.54, 1.807) is 17.9 Å². The van der Waals surface area contributed by atoms with Gasteiger partial charge in [-0.05, 0) is 55.7 Å². The molecule has 0 spiro atoms. The summed E-state index contributed by atoms with van der Waals surface area (Å²) in [7, 11) is 0. The highest BCUT2D eigenvalue weighted by atomic mass is 16.4. The third-order valence-electron chi connectivity index (χ3n) is 4.53. The third-order valence-corrected chi connectivity index (χ3v) is 4.53. The number of pyridine rings is 1. The molecule has 2 aromatic rings. The van der Waals surface area contributed by atoms with Gasteiger partial charge >= 0.3 is 5.97 Å². The number of aromatic carboxylic acids is 1. The van der Waals surface area contributed by atoms with Crippen LogP contribution in [0, 0.1) is 6.92 Å². The van der Waals surface area contributed by atoms with Crippen molar-refractivity contribution in [3.05, 3.63) is 52.8 Å². The Balaban J connectivity index is 1.80. The van der Waals surface area contributed by atoms with Crippen molar-refractivity contribution in [1.29, 1.82) is 0 Å². The van der Waals surface area contributed by atoms with Gasteiger partial charge in [-0.25, -0.2) is 9.78 Å². The number of carbonyl (C=O) groups excluding carboxylic acids is 2. The normalized spacial score (nSPS) is 13.3. The molecular weight excluding hydrogens is 346 g/mol. The zero-order valence-corrected chi connectivity index (χ0v) is 15.3. The second kappa shape index (κ2) is 7.57. The molecule has 1 aliphatic rings. The number of amides is 2. The van der Waals surface area contributed by atoms with Crippen LogP contribution in [-0.4, -0.2) is 34.4 Å². The molecule has 0 unspecified atom stereocenters. The van der Waals surface area contributed by atoms with Gasteiger partial charge in [0.05, 0.1) is 11.3 Å². The number of aromatic nitrogens is 1. The SMILES string of the molecule is CCCN1C(=O)CCc2cc(NC(=O)c3ccc(C(=O)O)c(C)n3)ccc21. The van der Waals surface area contributed by atoms with Crippen LogP contribution in [0.3, 0.4) is 0 Å². The minimum absolute atomic E-state index is 0.0704. The number of nitrogens with one attached hydrogen (secondary N) is 1. The molecule has 1 aromatic carbocycles. The summed E-state index contributed by atoms with van der Waals surface area (Å²) >= 11 is 0. The highest BCUT2D eigenvalue weighted by Gasteiger charge is 2.23. The lowest BCUT2D eigenvalue weighted by molar-refractivity contribution is -0.118. The summed E-state index contributed by atoms with van der Waals surface area (Å²) in [5.74, 6) is -1.36. The molecule has 0 saturated carbocycles. The predicted octanol–water partition coefficient (Wildman–Crippen LogP) is 3.03. The lowest BCUT2D eigenvalue weighted by Crippen LogP contribution is -2.35. The van der Waals surface area contributed by atoms with Gasteiger partial charge in [0.1, 0.15) is 5.69 Å². The summed E-state index contributed by atoms with van der Waals surface area (Å²) in [5.41, 5.74) is 3.04. The van der Waals surface area contributed by atoms with E-state index in [-0.39, 0.29) is 22.9 Å². The highest BCUT2D eigenvalue weighted by Crippen LogP contribution is 2.30. The topological polar surface area (TPSA) is 99.6 Å². The molecule has 2 N–H and O–H groups in total. The van der Waals surface area contributed by atoms with E-state index in [1.807, 2.05) is 19.1 Å². The maximum Gasteiger partial charge on any atom is 0.337 e. The highest BCUT2D eigenvalue weighted by molar-refractivity contribution is 6.04. The molecule has 0 fully saturated rings. The fourth-order valence-corrected chi connectivity index (χ4v) is 3.22. The second-order valence-electron chi connectivity index (χ2n) is 6.48. The van der Waals surface area contributed by atoms with Crippen LogP contribution in [-0.2, 0) is 11.2 Å². The minimum atomic E-state index is -1.08. The Morgan fingerprint density at radius 3 is 2.67 bits per heavy atom. The standard InChI is InChI=1S/C20H21N3O4/c1-3-10-23-17-8-5-14(11-13(17)4-9-18(23)24)22-19(25)16-7-6-15(20(26)27)12(2)21-16/h5-8,11H,3-4,9-10H2,1-2H3,(H,22,25)(H,26,27). The number of carbonyl (C=O) groups is 3. The van der Waals surface area contributed by atoms with Crippen molar-refractivity contribution in [2.75, 3.05) is 16.8 Å². The summed E-state index contributed by atoms with van der Waals surface area (Å²) < 4.78 is 0. The van der Waals surface area contributed by atoms with Gasteiger partial charge < -0.3 is 15.3 Å². The van der Waals surface area contributed by atoms with Gasteiger partial charge in [-0.2, -0.15) is 0 Å². The maximum atomic E-state index is 12.4. The van der Waals surface area contributed by atoms with Gasteiger partial charge in [-0.3, -0.25) is 9.59 Å². The molecule has 0 atom stereocenters. The lowest BCUT2D eigenvalue weighted by atomic mass is 10.00. The van der Waals surface area contributed by atoms with Crippen LogP contribution >= 0.6 is 0 Å². The average molecular weight is 367 g/mol. The molecule has 27 heavy (non-hydrogen) atoms. The number of fused-ring (bicyclic) bond motifs is 1. The van der Waals surface area contributed by atoms with Gasteiger partial charge in [0.2, 0.25) is 5.91 Å². The molecule has 7 nitrogen and oxygen atoms in total. The number of rotatable bonds is 5. The first-order valence-electron chi connectivity index (χ1n) is 8.86. The Bertz CT molecular complexity index is 923. The fraction of sp³-hybridized carbons (Fsp3) is 0.300. The van der Waals surface area contributed by atoms with Crippen molar-refractivity contribution in [3.8, 4) is 0 Å². The van der Waals surface area contributed by atoms with E-state index in [9.17, 15) is 14.4 Å². The lowest BCUT2D eigenvalue weighted by Gasteiger charge is -2.29. The first kappa shape index (κ1) is 18.6. The molecule has 2 amide bonds. The summed E-state index contributed by atoms with van der Waals surface area (Å²) in [4.78, 5) is 41.5. The van der Waals surface area contributed by atoms with Crippen LogP contribution in [0.25, 0.3) is 0 Å². The van der Waals surface area contributed by atoms with Crippen molar-refractivity contribution in [1.82, 2.24) is 4.98 Å². The minimum Gasteiger partial charge on any atom is -0.478 e. The van der Waals surface area contributed by atoms with Crippen molar-refractivity contribution in [2.45, 2.75) is 33.1 Å². The third kappa shape index (κ3) is 3.81. The largest absolute Gasteiger partial charge is 0.478 e. The van der Waals surface area contributed by atoms with Crippen LogP contribution in [0.1, 0.15) is 51.9 Å². The summed E-state index contributed by atoms with van der Waals surface area (Å²) in [6, 6.07) is 8.26. The van der Waals surface area contributed by atoms with E-state index in [0.717, 1.165) is 17.7 Å². The molecular formula is C20H21N3O4. The zero-order chi connectivity index (χ0) is 19.6. The van der Waals surface area contributed by atoms with E-state index in [0.29, 0.717) is 25.1 Å². The number of aryl methyl sites for hydroxylation is 2. The second-order valence-corrected chi connectivity index (χ2v) is 6.48. The summed E-state index contributed by atoms with van der Waals surface area (Å²) in [6.45, 7) is 4.26. The molecule has 2 heterocycles. The van der Waals surface area contributed by atoms with Crippen LogP contribution in [0.4, 0.5) is 11.4 Å². The van der Waals surface area contributed by atoms with E-state index >= 15 is 0 Å². The Labute approximate surface area is 157 Å². The Kier molecular flexibility index (Phi) is 5.21. The van der Waals surface area contributed by atoms with Crippen LogP contribution < -0.4 is 10.2 Å². The number of benzene rings is 1. The Morgan fingerprint density at radius 2 is 2.00 bits per heavy atom. The molecule has 0 bridgehead atoms. The van der Waals surface area contributed by atoms with E-state index < -0.39 is 11.9 Å². The fourth-order valence-electron chi connectivity index (χ4n) is 3.22. The van der Waals surface area contributed by atoms with Crippen molar-refractivity contribution in [3.63, 3.8) is 0 Å². The quantitative estimate of drug-likeness (QED) is 0.846. The Hall–Kier alpha value is -3.22. The molecule has 7 heteroatoms. The molecule has 0 radical (unpaired) electrons. The van der Waals surface area contributed by atoms with Crippen molar-refractivity contribution < 1.29 is 19.5 Å². The van der Waals surface area contributed by atoms with Crippen LogP contribution in [0.2, 0.25) is 0 Å². The van der Waals surface area contributed by atoms with E-state index in [1.165, 1.54) is 12.1 Å². The van der Waals surface area contributed by atoms with E-state index in [2.05, 4.69) is 10.3 Å². The smallest absolute Gasteiger partial charge is 0.337 e. The zero-order valence-electron chi connectivity index (χ0n) is 15.3. The van der Waals surface area contributed by atoms with E-state index in [4.69, 9.17) is 5.11 Å². The van der Waals surface area contributed by atoms with Gasteiger partial charge in [0.15, 0.2) is 0 Å². The first-order chi connectivity index (χ1) is 12.9. The number of hydrogen-bond acceptors (Lipinski definition) is 4. The number of hydrogen-bond donors (Lipinski definition) is 2. The van der Waals surface area contributed by atoms with Crippen molar-refractivity contribution >= 4 is 29.2 Å². The number of anilines is 2. The first-order valence-corrected chi connectivity index (χ1v) is 8.86. The number of carboxylic acids is 1. The molecule has 3 rings (SSSR count). The van der Waals surface area contributed by atoms with Crippen LogP contribution in [0.15, 0.2) is 30.3 Å². The molecule has 0 saturated heterocycles. The molecule has 1 aromatic heterocycles. The van der Waals surface area contributed by atoms with Gasteiger partial charge in [0, 0.05) is 24.3 Å². The van der Waals surface area contributed by atoms with Crippen molar-refractivity contribution in [2.24, 2.45) is 0 Å². The molecule has 0 aliphatic carbocycles. The summed E-state index contributed by atoms with van der Waals surface area (Å²) in [6.07, 6.45) is 1.98. The average Bonchev–Trinajstić information content (AvgIpc) is 2.63. The predicted molar refractivity (Wildman–Crippen MR) is 101 cm³/mol. The summed E-state index contributed by atoms with van der Waals surface area (Å²) in [5, 5.41) is 11.8. The molecule has 1 aliphatic heterocycles. The Morgan fingerprint density at radius 1 is 1.22 bits per heavy atom. The van der Waals surface area contributed by atoms with Crippen LogP contribution in [0.5, 0.6) is 0 Å². The van der Waals surface area contributed by atoms with Gasteiger partial charge in [-0.1, -0.05) is 6.92 Å². The van der Waals surface area contributed by atoms with Gasteiger partial charge in [0.25, 0.3) is 5.91 Å².